The molecule has 0 aliphatic carbocycles. The summed E-state index contributed by atoms with van der Waals surface area (Å²) in [6.07, 6.45) is 0. The van der Waals surface area contributed by atoms with Crippen molar-refractivity contribution in [2.45, 2.75) is 31.8 Å². The molecular weight excluding hydrogens is 300 g/mol. The van der Waals surface area contributed by atoms with Crippen molar-refractivity contribution >= 4 is 22.4 Å². The van der Waals surface area contributed by atoms with E-state index in [1.54, 1.807) is 11.6 Å². The van der Waals surface area contributed by atoms with Gasteiger partial charge in [0.2, 0.25) is 11.1 Å². The van der Waals surface area contributed by atoms with Gasteiger partial charge in [-0.25, -0.2) is 0 Å². The minimum atomic E-state index is -1.52. The Kier molecular flexibility index (Phi) is 5.07. The molecule has 0 saturated carbocycles. The molecule has 1 aromatic carbocycles. The van der Waals surface area contributed by atoms with Crippen molar-refractivity contribution in [3.05, 3.63) is 35.7 Å². The SMILES string of the molecule is Cc1ccc(NC(=O)C[S@](=O)c2nnc(C(C)C)n2C)cc1. The van der Waals surface area contributed by atoms with Crippen LogP contribution in [-0.4, -0.2) is 30.6 Å². The van der Waals surface area contributed by atoms with E-state index >= 15 is 0 Å². The molecule has 0 spiro atoms. The number of nitrogens with zero attached hydrogens (tertiary/aromatic N) is 3. The van der Waals surface area contributed by atoms with E-state index in [0.29, 0.717) is 10.8 Å². The fourth-order valence-corrected chi connectivity index (χ4v) is 3.02. The van der Waals surface area contributed by atoms with E-state index < -0.39 is 10.8 Å². The Hall–Kier alpha value is -2.02. The van der Waals surface area contributed by atoms with E-state index in [1.807, 2.05) is 45.0 Å². The molecule has 0 radical (unpaired) electrons. The van der Waals surface area contributed by atoms with Crippen LogP contribution in [0.5, 0.6) is 0 Å². The standard InChI is InChI=1S/C15H20N4O2S/c1-10(2)14-17-18-15(19(14)4)22(21)9-13(20)16-12-7-5-11(3)6-8-12/h5-8,10H,9H2,1-4H3,(H,16,20)/t22-/m0/s1. The first-order chi connectivity index (χ1) is 10.4. The normalized spacial score (nSPS) is 12.4. The van der Waals surface area contributed by atoms with Crippen LogP contribution in [0.15, 0.2) is 29.4 Å². The molecule has 0 fully saturated rings. The maximum Gasteiger partial charge on any atom is 0.237 e. The quantitative estimate of drug-likeness (QED) is 0.914. The molecule has 6 nitrogen and oxygen atoms in total. The lowest BCUT2D eigenvalue weighted by Crippen LogP contribution is -2.21. The molecule has 0 bridgehead atoms. The zero-order valence-electron chi connectivity index (χ0n) is 13.2. The number of amides is 1. The summed E-state index contributed by atoms with van der Waals surface area (Å²) in [6.45, 7) is 5.95. The third-order valence-corrected chi connectivity index (χ3v) is 4.47. The lowest BCUT2D eigenvalue weighted by molar-refractivity contribution is -0.113. The number of anilines is 1. The van der Waals surface area contributed by atoms with Crippen LogP contribution in [0.25, 0.3) is 0 Å². The summed E-state index contributed by atoms with van der Waals surface area (Å²) in [5, 5.41) is 11.0. The number of hydrogen-bond donors (Lipinski definition) is 1. The molecule has 1 N–H and O–H groups in total. The average Bonchev–Trinajstić information content (AvgIpc) is 2.83. The Morgan fingerprint density at radius 3 is 2.45 bits per heavy atom. The van der Waals surface area contributed by atoms with Crippen LogP contribution in [0.4, 0.5) is 5.69 Å². The van der Waals surface area contributed by atoms with Gasteiger partial charge < -0.3 is 9.88 Å². The zero-order chi connectivity index (χ0) is 16.3. The highest BCUT2D eigenvalue weighted by Gasteiger charge is 2.19. The van der Waals surface area contributed by atoms with Crippen molar-refractivity contribution in [1.29, 1.82) is 0 Å². The molecule has 1 aromatic heterocycles. The minimum Gasteiger partial charge on any atom is -0.325 e. The van der Waals surface area contributed by atoms with Gasteiger partial charge in [0, 0.05) is 18.7 Å². The van der Waals surface area contributed by atoms with Gasteiger partial charge in [-0.05, 0) is 19.1 Å². The number of aromatic nitrogens is 3. The average molecular weight is 320 g/mol. The summed E-state index contributed by atoms with van der Waals surface area (Å²) < 4.78 is 14.0. The van der Waals surface area contributed by atoms with Crippen LogP contribution in [0.2, 0.25) is 0 Å². The van der Waals surface area contributed by atoms with E-state index in [0.717, 1.165) is 11.4 Å². The smallest absolute Gasteiger partial charge is 0.237 e. The van der Waals surface area contributed by atoms with Crippen LogP contribution >= 0.6 is 0 Å². The predicted octanol–water partition coefficient (Wildman–Crippen LogP) is 1.99. The van der Waals surface area contributed by atoms with Crippen molar-refractivity contribution in [3.8, 4) is 0 Å². The fourth-order valence-electron chi connectivity index (χ4n) is 2.04. The lowest BCUT2D eigenvalue weighted by Gasteiger charge is -2.07. The molecule has 1 amide bonds. The molecule has 1 heterocycles. The molecule has 118 valence electrons. The van der Waals surface area contributed by atoms with E-state index in [2.05, 4.69) is 15.5 Å². The van der Waals surface area contributed by atoms with Crippen molar-refractivity contribution in [2.24, 2.45) is 7.05 Å². The van der Waals surface area contributed by atoms with E-state index in [-0.39, 0.29) is 17.6 Å². The molecular formula is C15H20N4O2S. The van der Waals surface area contributed by atoms with E-state index in [9.17, 15) is 9.00 Å². The summed E-state index contributed by atoms with van der Waals surface area (Å²) in [4.78, 5) is 12.0. The van der Waals surface area contributed by atoms with Gasteiger partial charge in [0.25, 0.3) is 0 Å². The van der Waals surface area contributed by atoms with Gasteiger partial charge in [-0.2, -0.15) is 0 Å². The number of nitrogens with one attached hydrogen (secondary N) is 1. The Labute approximate surface area is 132 Å². The monoisotopic (exact) mass is 320 g/mol. The Morgan fingerprint density at radius 2 is 1.91 bits per heavy atom. The molecule has 2 aromatic rings. The summed E-state index contributed by atoms with van der Waals surface area (Å²) >= 11 is 0. The first kappa shape index (κ1) is 16.4. The molecule has 1 atom stereocenters. The van der Waals surface area contributed by atoms with Gasteiger partial charge in [0.1, 0.15) is 22.4 Å². The van der Waals surface area contributed by atoms with Crippen molar-refractivity contribution in [1.82, 2.24) is 14.8 Å². The van der Waals surface area contributed by atoms with Crippen molar-refractivity contribution < 1.29 is 9.00 Å². The largest absolute Gasteiger partial charge is 0.325 e. The molecule has 0 unspecified atom stereocenters. The first-order valence-electron chi connectivity index (χ1n) is 7.02. The summed E-state index contributed by atoms with van der Waals surface area (Å²) in [6, 6.07) is 7.44. The summed E-state index contributed by atoms with van der Waals surface area (Å²) in [5.74, 6) is 0.487. The third kappa shape index (κ3) is 3.79. The Bertz CT molecular complexity index is 692. The third-order valence-electron chi connectivity index (χ3n) is 3.19. The van der Waals surface area contributed by atoms with Crippen molar-refractivity contribution in [3.63, 3.8) is 0 Å². The number of carbonyl (C=O) groups is 1. The second-order valence-electron chi connectivity index (χ2n) is 5.46. The lowest BCUT2D eigenvalue weighted by atomic mass is 10.2. The van der Waals surface area contributed by atoms with Crippen LogP contribution < -0.4 is 5.32 Å². The second kappa shape index (κ2) is 6.83. The molecule has 7 heteroatoms. The number of benzene rings is 1. The van der Waals surface area contributed by atoms with Gasteiger partial charge in [0.05, 0.1) is 0 Å². The highest BCUT2D eigenvalue weighted by molar-refractivity contribution is 7.85. The van der Waals surface area contributed by atoms with Gasteiger partial charge in [0.15, 0.2) is 0 Å². The van der Waals surface area contributed by atoms with Gasteiger partial charge in [-0.1, -0.05) is 31.5 Å². The van der Waals surface area contributed by atoms with Gasteiger partial charge >= 0.3 is 0 Å². The maximum atomic E-state index is 12.3. The number of aryl methyl sites for hydroxylation is 1. The highest BCUT2D eigenvalue weighted by Crippen LogP contribution is 2.14. The topological polar surface area (TPSA) is 76.9 Å². The number of carbonyl (C=O) groups excluding carboxylic acids is 1. The summed E-state index contributed by atoms with van der Waals surface area (Å²) in [7, 11) is 0.243. The van der Waals surface area contributed by atoms with Gasteiger partial charge in [-0.15, -0.1) is 10.2 Å². The molecule has 0 aliphatic heterocycles. The molecule has 0 aliphatic rings. The van der Waals surface area contributed by atoms with Crippen LogP contribution in [0.3, 0.4) is 0 Å². The number of rotatable bonds is 5. The highest BCUT2D eigenvalue weighted by atomic mass is 32.2. The van der Waals surface area contributed by atoms with E-state index in [1.165, 1.54) is 0 Å². The number of hydrogen-bond acceptors (Lipinski definition) is 4. The summed E-state index contributed by atoms with van der Waals surface area (Å²) in [5.41, 5.74) is 1.80. The van der Waals surface area contributed by atoms with Crippen molar-refractivity contribution in [2.75, 3.05) is 11.1 Å². The maximum absolute atomic E-state index is 12.3. The zero-order valence-corrected chi connectivity index (χ0v) is 14.0. The van der Waals surface area contributed by atoms with Crippen LogP contribution in [0, 0.1) is 6.92 Å². The predicted molar refractivity (Wildman–Crippen MR) is 86.2 cm³/mol. The molecule has 22 heavy (non-hydrogen) atoms. The molecule has 2 rings (SSSR count). The van der Waals surface area contributed by atoms with Crippen LogP contribution in [0.1, 0.15) is 31.2 Å². The van der Waals surface area contributed by atoms with Crippen LogP contribution in [-0.2, 0) is 22.6 Å². The minimum absolute atomic E-state index is 0.141. The Balaban J connectivity index is 2.02. The molecule has 0 saturated heterocycles. The fraction of sp³-hybridized carbons (Fsp3) is 0.400. The Morgan fingerprint density at radius 1 is 1.27 bits per heavy atom. The first-order valence-corrected chi connectivity index (χ1v) is 8.34. The second-order valence-corrected chi connectivity index (χ2v) is 6.80. The van der Waals surface area contributed by atoms with E-state index in [4.69, 9.17) is 0 Å². The van der Waals surface area contributed by atoms with Gasteiger partial charge in [-0.3, -0.25) is 9.00 Å².